The largest absolute Gasteiger partial charge is 0.504 e. The van der Waals surface area contributed by atoms with Crippen LogP contribution in [-0.4, -0.2) is 43.6 Å². The molecule has 136 valence electrons. The molecule has 0 saturated carbocycles. The van der Waals surface area contributed by atoms with Gasteiger partial charge in [-0.05, 0) is 41.5 Å². The summed E-state index contributed by atoms with van der Waals surface area (Å²) in [5.74, 6) is -3.33. The summed E-state index contributed by atoms with van der Waals surface area (Å²) in [4.78, 5) is 22.4. The van der Waals surface area contributed by atoms with Crippen LogP contribution in [-0.2, 0) is 16.0 Å². The van der Waals surface area contributed by atoms with Gasteiger partial charge in [0.25, 0.3) is 0 Å². The van der Waals surface area contributed by atoms with Crippen LogP contribution in [0.4, 0.5) is 0 Å². The molecule has 0 aliphatic rings. The molecule has 0 aliphatic heterocycles. The van der Waals surface area contributed by atoms with E-state index in [0.29, 0.717) is 11.1 Å². The molecule has 2 aromatic rings. The highest BCUT2D eigenvalue weighted by molar-refractivity contribution is 5.89. The summed E-state index contributed by atoms with van der Waals surface area (Å²) in [7, 11) is 0. The van der Waals surface area contributed by atoms with E-state index >= 15 is 0 Å². The number of rotatable bonds is 6. The van der Waals surface area contributed by atoms with Crippen molar-refractivity contribution in [3.05, 3.63) is 53.6 Å². The van der Waals surface area contributed by atoms with Crippen LogP contribution in [0.15, 0.2) is 42.5 Å². The first-order chi connectivity index (χ1) is 12.3. The number of aliphatic hydroxyl groups excluding tert-OH is 1. The van der Waals surface area contributed by atoms with Gasteiger partial charge in [0.05, 0.1) is 0 Å². The van der Waals surface area contributed by atoms with Crippen molar-refractivity contribution in [2.45, 2.75) is 12.5 Å². The molecule has 0 amide bonds. The lowest BCUT2D eigenvalue weighted by Gasteiger charge is -2.08. The van der Waals surface area contributed by atoms with E-state index in [9.17, 15) is 30.0 Å². The van der Waals surface area contributed by atoms with Crippen LogP contribution < -0.4 is 4.74 Å². The average Bonchev–Trinajstić information content (AvgIpc) is 2.58. The summed E-state index contributed by atoms with van der Waals surface area (Å²) >= 11 is 0. The molecule has 0 bridgehead atoms. The molecule has 0 saturated heterocycles. The van der Waals surface area contributed by atoms with Crippen LogP contribution in [0.3, 0.4) is 0 Å². The summed E-state index contributed by atoms with van der Waals surface area (Å²) in [6.07, 6.45) is 0.595. The molecule has 0 heterocycles. The van der Waals surface area contributed by atoms with Crippen molar-refractivity contribution in [1.29, 1.82) is 0 Å². The Kier molecular flexibility index (Phi) is 5.82. The van der Waals surface area contributed by atoms with Gasteiger partial charge in [0.1, 0.15) is 0 Å². The van der Waals surface area contributed by atoms with E-state index < -0.39 is 18.0 Å². The van der Waals surface area contributed by atoms with E-state index in [4.69, 9.17) is 9.84 Å². The summed E-state index contributed by atoms with van der Waals surface area (Å²) in [6, 6.07) is 7.86. The number of aliphatic hydroxyl groups is 1. The number of benzene rings is 2. The average molecular weight is 360 g/mol. The van der Waals surface area contributed by atoms with E-state index in [1.165, 1.54) is 42.5 Å². The van der Waals surface area contributed by atoms with Crippen LogP contribution in [0.1, 0.15) is 11.1 Å². The Morgan fingerprint density at radius 2 is 1.73 bits per heavy atom. The number of aromatic hydroxyl groups is 3. The fourth-order valence-corrected chi connectivity index (χ4v) is 2.04. The number of phenolic OH excluding ortho intramolecular Hbond substituents is 3. The van der Waals surface area contributed by atoms with E-state index in [1.54, 1.807) is 0 Å². The predicted octanol–water partition coefficient (Wildman–Crippen LogP) is 1.41. The summed E-state index contributed by atoms with van der Waals surface area (Å²) in [5, 5.41) is 46.4. The molecule has 5 N–H and O–H groups in total. The summed E-state index contributed by atoms with van der Waals surface area (Å²) < 4.78 is 4.96. The SMILES string of the molecule is O=C(C=Cc1ccc(O)c(O)c1)Oc1ccc(C[C@@H](O)C(=O)O)cc1O. The van der Waals surface area contributed by atoms with Crippen molar-refractivity contribution < 1.29 is 39.9 Å². The number of phenols is 3. The third kappa shape index (κ3) is 4.99. The lowest BCUT2D eigenvalue weighted by molar-refractivity contribution is -0.146. The molecular weight excluding hydrogens is 344 g/mol. The molecule has 2 aromatic carbocycles. The van der Waals surface area contributed by atoms with Crippen molar-refractivity contribution in [1.82, 2.24) is 0 Å². The summed E-state index contributed by atoms with van der Waals surface area (Å²) in [6.45, 7) is 0. The predicted molar refractivity (Wildman–Crippen MR) is 89.9 cm³/mol. The molecule has 2 rings (SSSR count). The van der Waals surface area contributed by atoms with Crippen molar-refractivity contribution in [3.63, 3.8) is 0 Å². The minimum Gasteiger partial charge on any atom is -0.504 e. The van der Waals surface area contributed by atoms with Gasteiger partial charge in [-0.1, -0.05) is 12.1 Å². The smallest absolute Gasteiger partial charge is 0.336 e. The van der Waals surface area contributed by atoms with Crippen LogP contribution in [0.5, 0.6) is 23.0 Å². The highest BCUT2D eigenvalue weighted by Gasteiger charge is 2.15. The van der Waals surface area contributed by atoms with Gasteiger partial charge in [-0.15, -0.1) is 0 Å². The third-order valence-electron chi connectivity index (χ3n) is 3.36. The zero-order valence-corrected chi connectivity index (χ0v) is 13.4. The zero-order chi connectivity index (χ0) is 19.3. The lowest BCUT2D eigenvalue weighted by atomic mass is 10.1. The minimum atomic E-state index is -1.60. The molecule has 0 aliphatic carbocycles. The first-order valence-corrected chi connectivity index (χ1v) is 7.41. The van der Waals surface area contributed by atoms with E-state index in [-0.39, 0.29) is 29.4 Å². The molecule has 8 heteroatoms. The van der Waals surface area contributed by atoms with E-state index in [0.717, 1.165) is 6.08 Å². The Morgan fingerprint density at radius 1 is 1.00 bits per heavy atom. The summed E-state index contributed by atoms with van der Waals surface area (Å²) in [5.41, 5.74) is 0.798. The maximum atomic E-state index is 11.8. The Labute approximate surface area is 147 Å². The van der Waals surface area contributed by atoms with Gasteiger partial charge in [0.2, 0.25) is 0 Å². The fourth-order valence-electron chi connectivity index (χ4n) is 2.04. The zero-order valence-electron chi connectivity index (χ0n) is 13.4. The molecule has 1 atom stereocenters. The molecular formula is C18H16O8. The highest BCUT2D eigenvalue weighted by atomic mass is 16.5. The molecule has 0 spiro atoms. The van der Waals surface area contributed by atoms with Gasteiger partial charge in [0, 0.05) is 12.5 Å². The first kappa shape index (κ1) is 18.8. The third-order valence-corrected chi connectivity index (χ3v) is 3.36. The Hall–Kier alpha value is -3.52. The highest BCUT2D eigenvalue weighted by Crippen LogP contribution is 2.28. The number of hydrogen-bond acceptors (Lipinski definition) is 7. The topological polar surface area (TPSA) is 145 Å². The maximum Gasteiger partial charge on any atom is 0.336 e. The van der Waals surface area contributed by atoms with Crippen LogP contribution in [0, 0.1) is 0 Å². The van der Waals surface area contributed by atoms with Gasteiger partial charge >= 0.3 is 11.9 Å². The molecule has 0 unspecified atom stereocenters. The number of aliphatic carboxylic acids is 1. The van der Waals surface area contributed by atoms with E-state index in [1.807, 2.05) is 0 Å². The normalized spacial score (nSPS) is 12.0. The molecule has 26 heavy (non-hydrogen) atoms. The molecule has 0 radical (unpaired) electrons. The first-order valence-electron chi connectivity index (χ1n) is 7.41. The quantitative estimate of drug-likeness (QED) is 0.225. The fraction of sp³-hybridized carbons (Fsp3) is 0.111. The van der Waals surface area contributed by atoms with Crippen LogP contribution in [0.25, 0.3) is 6.08 Å². The van der Waals surface area contributed by atoms with Crippen LogP contribution in [0.2, 0.25) is 0 Å². The van der Waals surface area contributed by atoms with Gasteiger partial charge in [0.15, 0.2) is 29.1 Å². The van der Waals surface area contributed by atoms with Crippen molar-refractivity contribution >= 4 is 18.0 Å². The number of hydrogen-bond donors (Lipinski definition) is 5. The van der Waals surface area contributed by atoms with Crippen molar-refractivity contribution in [2.24, 2.45) is 0 Å². The van der Waals surface area contributed by atoms with Crippen molar-refractivity contribution in [2.75, 3.05) is 0 Å². The number of carbonyl (C=O) groups excluding carboxylic acids is 1. The maximum absolute atomic E-state index is 11.8. The number of ether oxygens (including phenoxy) is 1. The van der Waals surface area contributed by atoms with Crippen LogP contribution >= 0.6 is 0 Å². The second-order valence-electron chi connectivity index (χ2n) is 5.36. The second kappa shape index (κ2) is 8.04. The Bertz CT molecular complexity index is 856. The standard InChI is InChI=1S/C18H16O8/c19-12-4-1-10(7-13(12)20)3-6-17(23)26-16-5-2-11(8-14(16)21)9-15(22)18(24)25/h1-8,15,19-22H,9H2,(H,24,25)/t15-/m1/s1. The number of carboxylic acid groups (broad SMARTS) is 1. The molecule has 8 nitrogen and oxygen atoms in total. The molecule has 0 aromatic heterocycles. The second-order valence-corrected chi connectivity index (χ2v) is 5.36. The molecule has 0 fully saturated rings. The van der Waals surface area contributed by atoms with Gasteiger partial charge in [-0.25, -0.2) is 9.59 Å². The minimum absolute atomic E-state index is 0.137. The van der Waals surface area contributed by atoms with E-state index in [2.05, 4.69) is 0 Å². The van der Waals surface area contributed by atoms with Gasteiger partial charge < -0.3 is 30.3 Å². The monoisotopic (exact) mass is 360 g/mol. The number of carboxylic acids is 1. The Morgan fingerprint density at radius 3 is 2.35 bits per heavy atom. The number of carbonyl (C=O) groups is 2. The lowest BCUT2D eigenvalue weighted by Crippen LogP contribution is -2.21. The van der Waals surface area contributed by atoms with Gasteiger partial charge in [-0.2, -0.15) is 0 Å². The number of esters is 1. The van der Waals surface area contributed by atoms with Gasteiger partial charge in [-0.3, -0.25) is 0 Å². The Balaban J connectivity index is 2.03. The van der Waals surface area contributed by atoms with Crippen molar-refractivity contribution in [3.8, 4) is 23.0 Å².